The fourth-order valence-electron chi connectivity index (χ4n) is 0.735. The van der Waals surface area contributed by atoms with Crippen molar-refractivity contribution < 1.29 is 18.4 Å². The van der Waals surface area contributed by atoms with Crippen LogP contribution in [0.2, 0.25) is 0 Å². The number of alkyl halides is 3. The van der Waals surface area contributed by atoms with E-state index in [2.05, 4.69) is 10.1 Å². The minimum absolute atomic E-state index is 0.0258. The maximum Gasteiger partial charge on any atom is 0.417 e. The molecule has 0 aliphatic carbocycles. The van der Waals surface area contributed by atoms with Gasteiger partial charge in [0.1, 0.15) is 5.69 Å². The third-order valence-corrected chi connectivity index (χ3v) is 1.66. The molecule has 0 aromatic carbocycles. The van der Waals surface area contributed by atoms with E-state index in [0.29, 0.717) is 6.20 Å². The third-order valence-electron chi connectivity index (χ3n) is 1.39. The molecule has 3 nitrogen and oxygen atoms in total. The molecule has 1 aromatic heterocycles. The largest absolute Gasteiger partial charge is 0.417 e. The van der Waals surface area contributed by atoms with Crippen LogP contribution >= 0.6 is 11.6 Å². The molecule has 1 rings (SSSR count). The van der Waals surface area contributed by atoms with E-state index >= 15 is 0 Å². The lowest BCUT2D eigenvalue weighted by molar-refractivity contribution is -0.137. The number of oxime groups is 1. The number of rotatable bonds is 1. The molecule has 1 N–H and O–H groups in total. The van der Waals surface area contributed by atoms with Crippen molar-refractivity contribution in [3.8, 4) is 0 Å². The summed E-state index contributed by atoms with van der Waals surface area (Å²) in [4.78, 5) is 3.37. The van der Waals surface area contributed by atoms with Crippen molar-refractivity contribution in [1.29, 1.82) is 0 Å². The van der Waals surface area contributed by atoms with Gasteiger partial charge in [-0.05, 0) is 12.1 Å². The number of halogens is 4. The van der Waals surface area contributed by atoms with Gasteiger partial charge in [0.05, 0.1) is 5.56 Å². The van der Waals surface area contributed by atoms with Crippen molar-refractivity contribution in [1.82, 2.24) is 4.98 Å². The molecule has 0 amide bonds. The van der Waals surface area contributed by atoms with Gasteiger partial charge in [-0.15, -0.1) is 0 Å². The molecule has 7 heteroatoms. The number of hydrogen-bond donors (Lipinski definition) is 1. The van der Waals surface area contributed by atoms with Gasteiger partial charge in [0.2, 0.25) is 0 Å². The molecule has 0 saturated carbocycles. The fourth-order valence-corrected chi connectivity index (χ4v) is 0.847. The molecule has 76 valence electrons. The number of pyridine rings is 1. The Kier molecular flexibility index (Phi) is 2.95. The quantitative estimate of drug-likeness (QED) is 0.453. The van der Waals surface area contributed by atoms with Gasteiger partial charge in [0.15, 0.2) is 5.17 Å². The molecule has 0 aliphatic rings. The van der Waals surface area contributed by atoms with E-state index in [9.17, 15) is 13.2 Å². The van der Waals surface area contributed by atoms with Crippen molar-refractivity contribution in [2.75, 3.05) is 0 Å². The van der Waals surface area contributed by atoms with Gasteiger partial charge < -0.3 is 5.21 Å². The van der Waals surface area contributed by atoms with Gasteiger partial charge in [0, 0.05) is 6.20 Å². The fraction of sp³-hybridized carbons (Fsp3) is 0.143. The van der Waals surface area contributed by atoms with Crippen molar-refractivity contribution >= 4 is 16.8 Å². The summed E-state index contributed by atoms with van der Waals surface area (Å²) in [6.07, 6.45) is -3.82. The molecular weight excluding hydrogens is 221 g/mol. The smallest absolute Gasteiger partial charge is 0.410 e. The average molecular weight is 225 g/mol. The summed E-state index contributed by atoms with van der Waals surface area (Å²) in [5.74, 6) is 0. The maximum atomic E-state index is 12.0. The molecule has 1 heterocycles. The predicted octanol–water partition coefficient (Wildman–Crippen LogP) is 2.48. The molecule has 1 aromatic rings. The van der Waals surface area contributed by atoms with Crippen LogP contribution in [0.3, 0.4) is 0 Å². The second-order valence-electron chi connectivity index (χ2n) is 2.32. The van der Waals surface area contributed by atoms with Crippen LogP contribution in [0.15, 0.2) is 23.5 Å². The minimum Gasteiger partial charge on any atom is -0.410 e. The highest BCUT2D eigenvalue weighted by molar-refractivity contribution is 6.69. The second kappa shape index (κ2) is 3.83. The Morgan fingerprint density at radius 1 is 1.43 bits per heavy atom. The van der Waals surface area contributed by atoms with Crippen LogP contribution in [0.4, 0.5) is 13.2 Å². The van der Waals surface area contributed by atoms with E-state index in [4.69, 9.17) is 16.8 Å². The van der Waals surface area contributed by atoms with Gasteiger partial charge in [0.25, 0.3) is 0 Å². The van der Waals surface area contributed by atoms with Crippen LogP contribution in [-0.2, 0) is 6.18 Å². The number of nitrogens with zero attached hydrogens (tertiary/aromatic N) is 2. The summed E-state index contributed by atoms with van der Waals surface area (Å²) in [6, 6.07) is 1.82. The van der Waals surface area contributed by atoms with E-state index in [1.807, 2.05) is 0 Å². The van der Waals surface area contributed by atoms with Crippen LogP contribution in [0, 0.1) is 0 Å². The molecule has 0 fully saturated rings. The zero-order valence-electron chi connectivity index (χ0n) is 6.59. The molecule has 0 unspecified atom stereocenters. The first-order chi connectivity index (χ1) is 6.45. The van der Waals surface area contributed by atoms with E-state index in [1.54, 1.807) is 0 Å². The summed E-state index contributed by atoms with van der Waals surface area (Å²) in [5.41, 5.74) is -0.911. The Labute approximate surface area is 81.8 Å². The van der Waals surface area contributed by atoms with Crippen LogP contribution in [0.1, 0.15) is 11.3 Å². The van der Waals surface area contributed by atoms with E-state index in [0.717, 1.165) is 12.1 Å². The third kappa shape index (κ3) is 2.35. The highest BCUT2D eigenvalue weighted by Crippen LogP contribution is 2.28. The van der Waals surface area contributed by atoms with Gasteiger partial charge in [-0.1, -0.05) is 16.8 Å². The number of aromatic nitrogens is 1. The number of hydrogen-bond acceptors (Lipinski definition) is 3. The topological polar surface area (TPSA) is 45.5 Å². The SMILES string of the molecule is O/N=C(\Cl)c1ccc(C(F)(F)F)cn1. The lowest BCUT2D eigenvalue weighted by atomic mass is 10.2. The normalized spacial score (nSPS) is 13.0. The highest BCUT2D eigenvalue weighted by atomic mass is 35.5. The molecule has 14 heavy (non-hydrogen) atoms. The standard InChI is InChI=1S/C7H4ClF3N2O/c8-6(13-14)5-2-1-4(3-12-5)7(9,10)11/h1-3,14H/b13-6-. The molecule has 0 spiro atoms. The molecular formula is C7H4ClF3N2O. The van der Waals surface area contributed by atoms with E-state index in [1.165, 1.54) is 0 Å². The van der Waals surface area contributed by atoms with Gasteiger partial charge in [-0.25, -0.2) is 0 Å². The van der Waals surface area contributed by atoms with E-state index in [-0.39, 0.29) is 10.9 Å². The van der Waals surface area contributed by atoms with Gasteiger partial charge >= 0.3 is 6.18 Å². The van der Waals surface area contributed by atoms with Crippen LogP contribution < -0.4 is 0 Å². The monoisotopic (exact) mass is 224 g/mol. The van der Waals surface area contributed by atoms with Crippen molar-refractivity contribution in [2.45, 2.75) is 6.18 Å². The first-order valence-electron chi connectivity index (χ1n) is 3.36. The summed E-state index contributed by atoms with van der Waals surface area (Å²) >= 11 is 5.31. The summed E-state index contributed by atoms with van der Waals surface area (Å²) in [5, 5.41) is 10.4. The van der Waals surface area contributed by atoms with E-state index < -0.39 is 11.7 Å². The molecule has 0 aliphatic heterocycles. The van der Waals surface area contributed by atoms with Crippen molar-refractivity contribution in [3.05, 3.63) is 29.6 Å². The summed E-state index contributed by atoms with van der Waals surface area (Å²) < 4.78 is 36.1. The zero-order chi connectivity index (χ0) is 10.8. The first-order valence-corrected chi connectivity index (χ1v) is 3.74. The Balaban J connectivity index is 3.01. The Morgan fingerprint density at radius 3 is 2.43 bits per heavy atom. The highest BCUT2D eigenvalue weighted by Gasteiger charge is 2.30. The van der Waals surface area contributed by atoms with Gasteiger partial charge in [-0.2, -0.15) is 13.2 Å². The van der Waals surface area contributed by atoms with Crippen molar-refractivity contribution in [3.63, 3.8) is 0 Å². The first kappa shape index (κ1) is 10.8. The zero-order valence-corrected chi connectivity index (χ0v) is 7.34. The average Bonchev–Trinajstić information content (AvgIpc) is 2.15. The summed E-state index contributed by atoms with van der Waals surface area (Å²) in [7, 11) is 0. The molecule has 0 atom stereocenters. The maximum absolute atomic E-state index is 12.0. The Bertz CT molecular complexity index is 347. The van der Waals surface area contributed by atoms with Crippen LogP contribution in [0.5, 0.6) is 0 Å². The van der Waals surface area contributed by atoms with Crippen molar-refractivity contribution in [2.24, 2.45) is 5.16 Å². The minimum atomic E-state index is -4.44. The Hall–Kier alpha value is -1.30. The molecule has 0 saturated heterocycles. The van der Waals surface area contributed by atoms with Crippen LogP contribution in [-0.4, -0.2) is 15.4 Å². The van der Waals surface area contributed by atoms with Gasteiger partial charge in [-0.3, -0.25) is 4.98 Å². The predicted molar refractivity (Wildman–Crippen MR) is 43.4 cm³/mol. The lowest BCUT2D eigenvalue weighted by Gasteiger charge is -2.05. The Morgan fingerprint density at radius 2 is 2.07 bits per heavy atom. The second-order valence-corrected chi connectivity index (χ2v) is 2.68. The molecule has 0 radical (unpaired) electrons. The lowest BCUT2D eigenvalue weighted by Crippen LogP contribution is -2.06. The molecule has 0 bridgehead atoms. The van der Waals surface area contributed by atoms with Crippen LogP contribution in [0.25, 0.3) is 0 Å². The summed E-state index contributed by atoms with van der Waals surface area (Å²) in [6.45, 7) is 0.